The van der Waals surface area contributed by atoms with Gasteiger partial charge >= 0.3 is 6.03 Å². The van der Waals surface area contributed by atoms with Crippen LogP contribution in [0.4, 0.5) is 4.79 Å². The van der Waals surface area contributed by atoms with E-state index < -0.39 is 0 Å². The van der Waals surface area contributed by atoms with Crippen molar-refractivity contribution in [2.24, 2.45) is 5.92 Å². The standard InChI is InChI=1S/C11H23N3O2.3H2/c1-5-10(15)9(7-8(3)4)13-11(16)14-12-6-2;;;/h8-9,12H,5-7H2,1-4H3,(H2,13,14,16);3*1H/t9-;;;/m1.../s1. The lowest BCUT2D eigenvalue weighted by Crippen LogP contribution is -2.50. The van der Waals surface area contributed by atoms with Crippen LogP contribution in [0.25, 0.3) is 0 Å². The first kappa shape index (κ1) is 14.9. The minimum atomic E-state index is -0.386. The fraction of sp³-hybridized carbons (Fsp3) is 0.818. The molecule has 3 N–H and O–H groups in total. The molecule has 0 bridgehead atoms. The zero-order valence-electron chi connectivity index (χ0n) is 10.6. The summed E-state index contributed by atoms with van der Waals surface area (Å²) in [6.45, 7) is 8.38. The second kappa shape index (κ2) is 8.10. The number of nitrogens with one attached hydrogen (secondary N) is 3. The van der Waals surface area contributed by atoms with E-state index in [2.05, 4.69) is 16.2 Å². The summed E-state index contributed by atoms with van der Waals surface area (Å²) in [5.41, 5.74) is 5.15. The molecule has 0 unspecified atom stereocenters. The Morgan fingerprint density at radius 3 is 2.31 bits per heavy atom. The highest BCUT2D eigenvalue weighted by Gasteiger charge is 2.19. The largest absolute Gasteiger partial charge is 0.329 e. The number of rotatable bonds is 7. The molecule has 2 amide bonds. The molecule has 0 aromatic heterocycles. The van der Waals surface area contributed by atoms with Crippen molar-refractivity contribution in [3.05, 3.63) is 0 Å². The van der Waals surface area contributed by atoms with Crippen molar-refractivity contribution in [3.8, 4) is 0 Å². The van der Waals surface area contributed by atoms with Gasteiger partial charge in [-0.3, -0.25) is 10.2 Å². The van der Waals surface area contributed by atoms with E-state index >= 15 is 0 Å². The molecule has 0 aliphatic heterocycles. The Labute approximate surface area is 102 Å². The number of urea groups is 1. The Hall–Kier alpha value is -1.10. The normalized spacial score (nSPS) is 12.3. The first-order chi connectivity index (χ1) is 7.51. The van der Waals surface area contributed by atoms with E-state index in [9.17, 15) is 9.59 Å². The van der Waals surface area contributed by atoms with Crippen LogP contribution in [0, 0.1) is 5.92 Å². The first-order valence-corrected chi connectivity index (χ1v) is 5.83. The lowest BCUT2D eigenvalue weighted by atomic mass is 9.99. The van der Waals surface area contributed by atoms with Gasteiger partial charge in [-0.2, -0.15) is 0 Å². The van der Waals surface area contributed by atoms with Crippen molar-refractivity contribution in [2.45, 2.75) is 46.6 Å². The molecule has 0 saturated carbocycles. The third-order valence-corrected chi connectivity index (χ3v) is 2.13. The maximum Gasteiger partial charge on any atom is 0.329 e. The number of hydrazine groups is 1. The van der Waals surface area contributed by atoms with Crippen LogP contribution in [0.15, 0.2) is 0 Å². The molecule has 1 atom stereocenters. The summed E-state index contributed by atoms with van der Waals surface area (Å²) in [4.78, 5) is 23.0. The summed E-state index contributed by atoms with van der Waals surface area (Å²) < 4.78 is 0. The average molecular weight is 235 g/mol. The lowest BCUT2D eigenvalue weighted by molar-refractivity contribution is -0.120. The van der Waals surface area contributed by atoms with Gasteiger partial charge in [-0.1, -0.05) is 27.7 Å². The van der Waals surface area contributed by atoms with Crippen LogP contribution in [0.3, 0.4) is 0 Å². The van der Waals surface area contributed by atoms with Crippen LogP contribution in [0.1, 0.15) is 44.8 Å². The predicted molar refractivity (Wildman–Crippen MR) is 70.2 cm³/mol. The van der Waals surface area contributed by atoms with Gasteiger partial charge in [-0.05, 0) is 12.3 Å². The molecule has 0 fully saturated rings. The number of ketones is 1. The minimum Gasteiger partial charge on any atom is -0.327 e. The summed E-state index contributed by atoms with van der Waals surface area (Å²) in [5, 5.41) is 2.67. The van der Waals surface area contributed by atoms with Gasteiger partial charge in [0.25, 0.3) is 0 Å². The second-order valence-corrected chi connectivity index (χ2v) is 4.13. The van der Waals surface area contributed by atoms with Crippen LogP contribution in [0.2, 0.25) is 0 Å². The Bertz CT molecular complexity index is 241. The lowest BCUT2D eigenvalue weighted by Gasteiger charge is -2.19. The maximum absolute atomic E-state index is 11.6. The highest BCUT2D eigenvalue weighted by Crippen LogP contribution is 2.07. The topological polar surface area (TPSA) is 70.2 Å². The summed E-state index contributed by atoms with van der Waals surface area (Å²) in [6.07, 6.45) is 1.12. The molecule has 0 rings (SSSR count). The van der Waals surface area contributed by atoms with Crippen molar-refractivity contribution in [2.75, 3.05) is 6.54 Å². The van der Waals surface area contributed by atoms with Crippen LogP contribution in [-0.4, -0.2) is 24.4 Å². The van der Waals surface area contributed by atoms with E-state index in [1.165, 1.54) is 0 Å². The molecule has 5 heteroatoms. The number of amides is 2. The van der Waals surface area contributed by atoms with Gasteiger partial charge < -0.3 is 5.32 Å². The molecule has 0 saturated heterocycles. The van der Waals surface area contributed by atoms with Crippen molar-refractivity contribution >= 4 is 11.8 Å². The highest BCUT2D eigenvalue weighted by molar-refractivity contribution is 5.88. The van der Waals surface area contributed by atoms with Crippen LogP contribution in [0.5, 0.6) is 0 Å². The van der Waals surface area contributed by atoms with Gasteiger partial charge in [0.05, 0.1) is 6.04 Å². The van der Waals surface area contributed by atoms with Gasteiger partial charge in [-0.25, -0.2) is 10.2 Å². The predicted octanol–water partition coefficient (Wildman–Crippen LogP) is 1.94. The molecule has 0 spiro atoms. The molecule has 100 valence electrons. The van der Waals surface area contributed by atoms with E-state index in [0.717, 1.165) is 0 Å². The van der Waals surface area contributed by atoms with Gasteiger partial charge in [0.15, 0.2) is 5.78 Å². The van der Waals surface area contributed by atoms with Crippen molar-refractivity contribution in [1.29, 1.82) is 0 Å². The summed E-state index contributed by atoms with van der Waals surface area (Å²) in [7, 11) is 0. The molecule has 0 aliphatic rings. The number of carbonyl (C=O) groups is 2. The number of hydrogen-bond donors (Lipinski definition) is 3. The number of Topliss-reactive ketones (excluding diaryl/α,β-unsaturated/α-hetero) is 1. The maximum atomic E-state index is 11.6. The van der Waals surface area contributed by atoms with Gasteiger partial charge in [0.1, 0.15) is 0 Å². The Kier molecular flexibility index (Phi) is 7.54. The molecular weight excluding hydrogens is 206 g/mol. The smallest absolute Gasteiger partial charge is 0.327 e. The van der Waals surface area contributed by atoms with Crippen molar-refractivity contribution in [3.63, 3.8) is 0 Å². The zero-order valence-corrected chi connectivity index (χ0v) is 10.6. The van der Waals surface area contributed by atoms with Crippen molar-refractivity contribution < 1.29 is 13.9 Å². The monoisotopic (exact) mass is 235 g/mol. The quantitative estimate of drug-likeness (QED) is 0.591. The van der Waals surface area contributed by atoms with Crippen molar-refractivity contribution in [1.82, 2.24) is 16.2 Å². The van der Waals surface area contributed by atoms with Crippen LogP contribution in [-0.2, 0) is 4.79 Å². The molecule has 5 nitrogen and oxygen atoms in total. The van der Waals surface area contributed by atoms with Gasteiger partial charge in [-0.15, -0.1) is 0 Å². The fourth-order valence-electron chi connectivity index (χ4n) is 1.35. The van der Waals surface area contributed by atoms with Crippen LogP contribution >= 0.6 is 0 Å². The van der Waals surface area contributed by atoms with E-state index in [-0.39, 0.29) is 22.1 Å². The second-order valence-electron chi connectivity index (χ2n) is 4.13. The Morgan fingerprint density at radius 1 is 1.25 bits per heavy atom. The fourth-order valence-corrected chi connectivity index (χ4v) is 1.35. The number of carbonyl (C=O) groups excluding carboxylic acids is 2. The SMILES string of the molecule is CCNNC(=O)N[C@H](CC(C)C)C(=O)CC.[HH].[HH].[HH]. The molecular formula is C11H29N3O2. The minimum absolute atomic E-state index is 0. The molecule has 0 aliphatic carbocycles. The summed E-state index contributed by atoms with van der Waals surface area (Å²) >= 11 is 0. The van der Waals surface area contributed by atoms with Crippen LogP contribution < -0.4 is 16.2 Å². The molecule has 0 radical (unpaired) electrons. The Morgan fingerprint density at radius 2 is 1.88 bits per heavy atom. The third kappa shape index (κ3) is 6.40. The summed E-state index contributed by atoms with van der Waals surface area (Å²) in [5.74, 6) is 0.445. The first-order valence-electron chi connectivity index (χ1n) is 5.83. The van der Waals surface area contributed by atoms with Gasteiger partial charge in [0, 0.05) is 17.2 Å². The Balaban J connectivity index is -0.000000375. The molecule has 0 heterocycles. The van der Waals surface area contributed by atoms with Gasteiger partial charge in [0.2, 0.25) is 0 Å². The molecule has 0 aromatic rings. The number of hydrogen-bond acceptors (Lipinski definition) is 3. The average Bonchev–Trinajstić information content (AvgIpc) is 2.23. The van der Waals surface area contributed by atoms with E-state index in [4.69, 9.17) is 0 Å². The molecule has 0 aromatic carbocycles. The highest BCUT2D eigenvalue weighted by atomic mass is 16.2. The third-order valence-electron chi connectivity index (χ3n) is 2.13. The van der Waals surface area contributed by atoms with E-state index in [1.54, 1.807) is 6.92 Å². The summed E-state index contributed by atoms with van der Waals surface area (Å²) in [6, 6.07) is -0.738. The zero-order chi connectivity index (χ0) is 12.6. The molecule has 16 heavy (non-hydrogen) atoms. The van der Waals surface area contributed by atoms with E-state index in [1.807, 2.05) is 20.8 Å². The van der Waals surface area contributed by atoms with E-state index in [0.29, 0.717) is 25.3 Å².